The van der Waals surface area contributed by atoms with Crippen LogP contribution in [0.5, 0.6) is 11.5 Å². The smallest absolute Gasteiger partial charge is 0.252 e. The Morgan fingerprint density at radius 3 is 2.46 bits per heavy atom. The van der Waals surface area contributed by atoms with Crippen LogP contribution in [0.3, 0.4) is 0 Å². The zero-order valence-electron chi connectivity index (χ0n) is 15.9. The van der Waals surface area contributed by atoms with Gasteiger partial charge in [0.1, 0.15) is 11.5 Å². The molecule has 0 aliphatic rings. The summed E-state index contributed by atoms with van der Waals surface area (Å²) in [5.41, 5.74) is 3.19. The lowest BCUT2D eigenvalue weighted by Crippen LogP contribution is -2.25. The lowest BCUT2D eigenvalue weighted by Gasteiger charge is -2.10. The lowest BCUT2D eigenvalue weighted by atomic mass is 10.1. The van der Waals surface area contributed by atoms with Gasteiger partial charge in [0.25, 0.3) is 5.91 Å². The highest BCUT2D eigenvalue weighted by Crippen LogP contribution is 2.21. The number of hydrogen-bond acceptors (Lipinski definition) is 5. The molecule has 0 aliphatic heterocycles. The van der Waals surface area contributed by atoms with Crippen molar-refractivity contribution in [2.24, 2.45) is 0 Å². The van der Waals surface area contributed by atoms with Gasteiger partial charge in [0.2, 0.25) is 0 Å². The molecule has 0 saturated heterocycles. The van der Waals surface area contributed by atoms with Gasteiger partial charge in [-0.25, -0.2) is 0 Å². The quantitative estimate of drug-likeness (QED) is 0.624. The largest absolute Gasteiger partial charge is 0.497 e. The molecule has 0 spiro atoms. The number of pyridine rings is 1. The van der Waals surface area contributed by atoms with Crippen molar-refractivity contribution < 1.29 is 14.3 Å². The van der Waals surface area contributed by atoms with Crippen LogP contribution in [0.15, 0.2) is 67.0 Å². The highest BCUT2D eigenvalue weighted by molar-refractivity contribution is 5.94. The summed E-state index contributed by atoms with van der Waals surface area (Å²) in [4.78, 5) is 16.6. The van der Waals surface area contributed by atoms with E-state index in [0.717, 1.165) is 34.9 Å². The second kappa shape index (κ2) is 9.41. The van der Waals surface area contributed by atoms with Gasteiger partial charge >= 0.3 is 0 Å². The number of carbonyl (C=O) groups is 1. The van der Waals surface area contributed by atoms with Gasteiger partial charge < -0.3 is 20.1 Å². The highest BCUT2D eigenvalue weighted by atomic mass is 16.5. The lowest BCUT2D eigenvalue weighted by molar-refractivity contribution is 0.0954. The summed E-state index contributed by atoms with van der Waals surface area (Å²) in [6.45, 7) is 0.527. The zero-order valence-corrected chi connectivity index (χ0v) is 15.9. The summed E-state index contributed by atoms with van der Waals surface area (Å²) in [6, 6.07) is 17.1. The van der Waals surface area contributed by atoms with Crippen LogP contribution in [0.25, 0.3) is 0 Å². The van der Waals surface area contributed by atoms with E-state index in [4.69, 9.17) is 9.47 Å². The topological polar surface area (TPSA) is 72.5 Å². The molecule has 2 aromatic carbocycles. The van der Waals surface area contributed by atoms with Gasteiger partial charge in [0, 0.05) is 24.5 Å². The minimum absolute atomic E-state index is 0.162. The minimum atomic E-state index is -0.162. The molecule has 0 unspecified atom stereocenters. The maximum Gasteiger partial charge on any atom is 0.252 e. The molecule has 144 valence electrons. The van der Waals surface area contributed by atoms with Crippen molar-refractivity contribution in [1.82, 2.24) is 10.3 Å². The van der Waals surface area contributed by atoms with E-state index < -0.39 is 0 Å². The number of hydrogen-bond donors (Lipinski definition) is 2. The van der Waals surface area contributed by atoms with Crippen LogP contribution in [0.2, 0.25) is 0 Å². The van der Waals surface area contributed by atoms with Gasteiger partial charge in [-0.2, -0.15) is 0 Å². The fourth-order valence-corrected chi connectivity index (χ4v) is 2.75. The van der Waals surface area contributed by atoms with Crippen LogP contribution < -0.4 is 20.1 Å². The van der Waals surface area contributed by atoms with Crippen molar-refractivity contribution in [3.8, 4) is 11.5 Å². The van der Waals surface area contributed by atoms with Crippen molar-refractivity contribution >= 4 is 17.3 Å². The van der Waals surface area contributed by atoms with Gasteiger partial charge in [0.05, 0.1) is 31.7 Å². The molecule has 0 radical (unpaired) electrons. The molecule has 6 nitrogen and oxygen atoms in total. The first kappa shape index (κ1) is 19.2. The van der Waals surface area contributed by atoms with Crippen LogP contribution in [-0.4, -0.2) is 31.7 Å². The summed E-state index contributed by atoms with van der Waals surface area (Å²) >= 11 is 0. The number of nitrogens with one attached hydrogen (secondary N) is 2. The molecule has 1 aromatic heterocycles. The Bertz CT molecular complexity index is 944. The van der Waals surface area contributed by atoms with Crippen LogP contribution >= 0.6 is 0 Å². The van der Waals surface area contributed by atoms with Crippen LogP contribution in [0.1, 0.15) is 15.9 Å². The summed E-state index contributed by atoms with van der Waals surface area (Å²) in [5, 5.41) is 6.16. The Hall–Kier alpha value is -3.54. The number of carbonyl (C=O) groups excluding carboxylic acids is 1. The van der Waals surface area contributed by atoms with E-state index in [2.05, 4.69) is 15.6 Å². The number of amides is 1. The van der Waals surface area contributed by atoms with E-state index in [1.165, 1.54) is 0 Å². The first-order valence-electron chi connectivity index (χ1n) is 8.95. The molecule has 3 rings (SSSR count). The molecule has 0 saturated carbocycles. The van der Waals surface area contributed by atoms with Crippen molar-refractivity contribution in [2.75, 3.05) is 26.1 Å². The molecule has 0 aliphatic carbocycles. The average Bonchev–Trinajstić information content (AvgIpc) is 2.74. The van der Waals surface area contributed by atoms with E-state index in [0.29, 0.717) is 12.1 Å². The van der Waals surface area contributed by atoms with Gasteiger partial charge in [-0.15, -0.1) is 0 Å². The number of aromatic nitrogens is 1. The van der Waals surface area contributed by atoms with E-state index >= 15 is 0 Å². The average molecular weight is 377 g/mol. The van der Waals surface area contributed by atoms with Crippen molar-refractivity contribution in [3.63, 3.8) is 0 Å². The van der Waals surface area contributed by atoms with Crippen molar-refractivity contribution in [1.29, 1.82) is 0 Å². The Kier molecular flexibility index (Phi) is 6.46. The summed E-state index contributed by atoms with van der Waals surface area (Å²) in [5.74, 6) is 1.40. The van der Waals surface area contributed by atoms with Gasteiger partial charge in [-0.3, -0.25) is 9.78 Å². The Balaban J connectivity index is 1.58. The normalized spacial score (nSPS) is 10.2. The summed E-state index contributed by atoms with van der Waals surface area (Å²) < 4.78 is 10.4. The molecular weight excluding hydrogens is 354 g/mol. The third-order valence-electron chi connectivity index (χ3n) is 4.19. The Morgan fingerprint density at radius 1 is 0.929 bits per heavy atom. The molecule has 28 heavy (non-hydrogen) atoms. The standard InChI is InChI=1S/C22H23N3O3/c1-27-20-7-3-5-16(11-20)9-10-24-22(26)17-12-19(15-23-14-17)25-18-6-4-8-21(13-18)28-2/h3-8,11-15,25H,9-10H2,1-2H3,(H,24,26). The first-order valence-corrected chi connectivity index (χ1v) is 8.95. The van der Waals surface area contributed by atoms with E-state index in [1.54, 1.807) is 32.7 Å². The highest BCUT2D eigenvalue weighted by Gasteiger charge is 2.07. The van der Waals surface area contributed by atoms with E-state index in [9.17, 15) is 4.79 Å². The molecule has 2 N–H and O–H groups in total. The summed E-state index contributed by atoms with van der Waals surface area (Å²) in [7, 11) is 3.26. The number of rotatable bonds is 8. The maximum atomic E-state index is 12.4. The third kappa shape index (κ3) is 5.23. The Morgan fingerprint density at radius 2 is 1.68 bits per heavy atom. The van der Waals surface area contributed by atoms with E-state index in [1.807, 2.05) is 48.5 Å². The fourth-order valence-electron chi connectivity index (χ4n) is 2.75. The van der Waals surface area contributed by atoms with Crippen molar-refractivity contribution in [3.05, 3.63) is 78.1 Å². The minimum Gasteiger partial charge on any atom is -0.497 e. The molecule has 0 fully saturated rings. The van der Waals surface area contributed by atoms with Gasteiger partial charge in [-0.1, -0.05) is 18.2 Å². The molecule has 0 atom stereocenters. The monoisotopic (exact) mass is 377 g/mol. The number of benzene rings is 2. The second-order valence-electron chi connectivity index (χ2n) is 6.18. The molecule has 3 aromatic rings. The number of nitrogens with zero attached hydrogens (tertiary/aromatic N) is 1. The van der Waals surface area contributed by atoms with Crippen LogP contribution in [0, 0.1) is 0 Å². The van der Waals surface area contributed by atoms with Crippen molar-refractivity contribution in [2.45, 2.75) is 6.42 Å². The predicted octanol–water partition coefficient (Wildman–Crippen LogP) is 3.81. The fraction of sp³-hybridized carbons (Fsp3) is 0.182. The number of ether oxygens (including phenoxy) is 2. The first-order chi connectivity index (χ1) is 13.7. The molecular formula is C22H23N3O3. The van der Waals surface area contributed by atoms with E-state index in [-0.39, 0.29) is 5.91 Å². The SMILES string of the molecule is COc1cccc(CCNC(=O)c2cncc(Nc3cccc(OC)c3)c2)c1. The Labute approximate surface area is 164 Å². The molecule has 1 heterocycles. The number of anilines is 2. The zero-order chi connectivity index (χ0) is 19.8. The molecule has 1 amide bonds. The number of methoxy groups -OCH3 is 2. The third-order valence-corrected chi connectivity index (χ3v) is 4.19. The molecule has 6 heteroatoms. The van der Waals surface area contributed by atoms with Crippen LogP contribution in [-0.2, 0) is 6.42 Å². The summed E-state index contributed by atoms with van der Waals surface area (Å²) in [6.07, 6.45) is 3.95. The molecule has 0 bridgehead atoms. The van der Waals surface area contributed by atoms with Gasteiger partial charge in [-0.05, 0) is 42.3 Å². The van der Waals surface area contributed by atoms with Gasteiger partial charge in [0.15, 0.2) is 0 Å². The maximum absolute atomic E-state index is 12.4. The van der Waals surface area contributed by atoms with Crippen LogP contribution in [0.4, 0.5) is 11.4 Å². The predicted molar refractivity (Wildman–Crippen MR) is 110 cm³/mol. The second-order valence-corrected chi connectivity index (χ2v) is 6.18.